The second-order valence-electron chi connectivity index (χ2n) is 10.7. The molecule has 5 rings (SSSR count). The third-order valence-corrected chi connectivity index (χ3v) is 7.30. The highest BCUT2D eigenvalue weighted by molar-refractivity contribution is 6.10. The molecule has 8 heteroatoms. The summed E-state index contributed by atoms with van der Waals surface area (Å²) in [4.78, 5) is 21.9. The molecule has 0 atom stereocenters. The van der Waals surface area contributed by atoms with Crippen LogP contribution >= 0.6 is 0 Å². The van der Waals surface area contributed by atoms with Crippen LogP contribution in [-0.2, 0) is 0 Å². The highest BCUT2D eigenvalue weighted by Crippen LogP contribution is 2.40. The fourth-order valence-electron chi connectivity index (χ4n) is 5.52. The minimum absolute atomic E-state index is 0.0340. The van der Waals surface area contributed by atoms with Gasteiger partial charge in [0.05, 0.1) is 39.7 Å². The molecule has 2 aromatic heterocycles. The lowest BCUT2D eigenvalue weighted by atomic mass is 10.1. The van der Waals surface area contributed by atoms with E-state index < -0.39 is 5.82 Å². The van der Waals surface area contributed by atoms with Gasteiger partial charge in [-0.05, 0) is 59.7 Å². The van der Waals surface area contributed by atoms with Crippen molar-refractivity contribution in [2.24, 2.45) is 0 Å². The lowest BCUT2D eigenvalue weighted by Gasteiger charge is -2.39. The third kappa shape index (κ3) is 4.11. The van der Waals surface area contributed by atoms with E-state index in [0.717, 1.165) is 26.2 Å². The first-order chi connectivity index (χ1) is 17.6. The molecule has 3 heterocycles. The number of hydrogen-bond donors (Lipinski definition) is 1. The molecule has 37 heavy (non-hydrogen) atoms. The minimum atomic E-state index is -0.614. The first kappa shape index (κ1) is 25.1. The van der Waals surface area contributed by atoms with Gasteiger partial charge < -0.3 is 19.2 Å². The van der Waals surface area contributed by atoms with Crippen molar-refractivity contribution in [1.82, 2.24) is 14.5 Å². The Morgan fingerprint density at radius 1 is 1.00 bits per heavy atom. The summed E-state index contributed by atoms with van der Waals surface area (Å²) in [7, 11) is 0. The number of aromatic nitrogens is 2. The monoisotopic (exact) mass is 503 g/mol. The zero-order valence-electron chi connectivity index (χ0n) is 22.4. The molecule has 0 radical (unpaired) electrons. The van der Waals surface area contributed by atoms with Crippen molar-refractivity contribution < 1.29 is 9.13 Å². The van der Waals surface area contributed by atoms with E-state index in [-0.39, 0.29) is 28.7 Å². The quantitative estimate of drug-likeness (QED) is 0.387. The number of fused-ring (bicyclic) bond motifs is 4. The molecule has 1 aliphatic rings. The van der Waals surface area contributed by atoms with Crippen molar-refractivity contribution in [3.63, 3.8) is 0 Å². The number of piperazine rings is 1. The maximum Gasteiger partial charge on any atom is 0.202 e. The van der Waals surface area contributed by atoms with Crippen LogP contribution in [0.15, 0.2) is 29.1 Å². The van der Waals surface area contributed by atoms with Gasteiger partial charge in [0.15, 0.2) is 11.6 Å². The van der Waals surface area contributed by atoms with Gasteiger partial charge in [-0.1, -0.05) is 6.07 Å². The molecule has 7 nitrogen and oxygen atoms in total. The van der Waals surface area contributed by atoms with Gasteiger partial charge in [0, 0.05) is 49.2 Å². The van der Waals surface area contributed by atoms with E-state index in [4.69, 9.17) is 4.74 Å². The third-order valence-electron chi connectivity index (χ3n) is 7.30. The number of anilines is 1. The summed E-state index contributed by atoms with van der Waals surface area (Å²) in [6, 6.07) is 9.63. The summed E-state index contributed by atoms with van der Waals surface area (Å²) in [6.07, 6.45) is -0.254. The van der Waals surface area contributed by atoms with Crippen LogP contribution in [0.4, 0.5) is 10.1 Å². The fraction of sp³-hybridized carbons (Fsp3) is 0.448. The topological polar surface area (TPSA) is 77.3 Å². The number of hydrogen-bond acceptors (Lipinski definition) is 5. The zero-order chi connectivity index (χ0) is 26.6. The number of benzene rings is 2. The molecule has 0 unspecified atom stereocenters. The number of pyridine rings is 1. The molecule has 1 N–H and O–H groups in total. The van der Waals surface area contributed by atoms with E-state index in [0.29, 0.717) is 44.7 Å². The molecule has 1 aliphatic heterocycles. The van der Waals surface area contributed by atoms with Gasteiger partial charge in [0.2, 0.25) is 5.43 Å². The summed E-state index contributed by atoms with van der Waals surface area (Å²) < 4.78 is 24.5. The van der Waals surface area contributed by atoms with E-state index in [2.05, 4.69) is 34.7 Å². The first-order valence-electron chi connectivity index (χ1n) is 13.0. The number of nitrogens with zero attached hydrogens (tertiary/aromatic N) is 4. The Morgan fingerprint density at radius 3 is 2.30 bits per heavy atom. The second-order valence-corrected chi connectivity index (χ2v) is 10.7. The average molecular weight is 504 g/mol. The molecule has 1 fully saturated rings. The van der Waals surface area contributed by atoms with Crippen LogP contribution in [0.25, 0.3) is 32.8 Å². The predicted octanol–water partition coefficient (Wildman–Crippen LogP) is 5.55. The summed E-state index contributed by atoms with van der Waals surface area (Å²) in [6.45, 7) is 15.4. The number of nitrogens with one attached hydrogen (secondary N) is 1. The van der Waals surface area contributed by atoms with Gasteiger partial charge in [-0.2, -0.15) is 5.26 Å². The highest BCUT2D eigenvalue weighted by atomic mass is 19.1. The summed E-state index contributed by atoms with van der Waals surface area (Å²) >= 11 is 0. The standard InChI is InChI=1S/C29H34FN5O2/c1-16(2)33-9-11-34(12-10-33)23-14-22-25(26(30)28(23)37-18(5)6)27(36)24-20-8-7-19(15-31)13-21(20)32-29(24)35(22)17(3)4/h7-8,13-14,16-18,32H,9-12H2,1-6H3. The van der Waals surface area contributed by atoms with Gasteiger partial charge in [-0.25, -0.2) is 4.39 Å². The summed E-state index contributed by atoms with van der Waals surface area (Å²) in [5.41, 5.74) is 2.64. The van der Waals surface area contributed by atoms with E-state index in [1.165, 1.54) is 0 Å². The Kier molecular flexibility index (Phi) is 6.36. The lowest BCUT2D eigenvalue weighted by molar-refractivity contribution is 0.206. The molecule has 4 aromatic rings. The lowest BCUT2D eigenvalue weighted by Crippen LogP contribution is -2.49. The molecule has 0 amide bonds. The van der Waals surface area contributed by atoms with Gasteiger partial charge in [-0.3, -0.25) is 9.69 Å². The number of rotatable bonds is 5. The summed E-state index contributed by atoms with van der Waals surface area (Å²) in [5, 5.41) is 10.5. The Hall–Kier alpha value is -3.57. The number of nitriles is 1. The van der Waals surface area contributed by atoms with Crippen molar-refractivity contribution in [2.45, 2.75) is 59.7 Å². The normalized spacial score (nSPS) is 15.1. The maximum atomic E-state index is 16.5. The molecule has 0 bridgehead atoms. The van der Waals surface area contributed by atoms with Crippen LogP contribution in [0, 0.1) is 17.1 Å². The van der Waals surface area contributed by atoms with Crippen molar-refractivity contribution in [1.29, 1.82) is 5.26 Å². The minimum Gasteiger partial charge on any atom is -0.486 e. The van der Waals surface area contributed by atoms with Crippen LogP contribution in [0.1, 0.15) is 53.1 Å². The molecule has 0 spiro atoms. The molecular formula is C29H34FN5O2. The second kappa shape index (κ2) is 9.38. The maximum absolute atomic E-state index is 16.5. The van der Waals surface area contributed by atoms with Gasteiger partial charge in [0.25, 0.3) is 0 Å². The van der Waals surface area contributed by atoms with Crippen LogP contribution < -0.4 is 15.1 Å². The number of aromatic amines is 1. The van der Waals surface area contributed by atoms with Crippen molar-refractivity contribution in [3.05, 3.63) is 45.9 Å². The van der Waals surface area contributed by atoms with Gasteiger partial charge >= 0.3 is 0 Å². The first-order valence-corrected chi connectivity index (χ1v) is 13.0. The SMILES string of the molecule is CC(C)Oc1c(N2CCN(C(C)C)CC2)cc2c(c1F)c(=O)c1c3ccc(C#N)cc3[nH]c1n2C(C)C. The van der Waals surface area contributed by atoms with Crippen LogP contribution in [0.5, 0.6) is 5.75 Å². The van der Waals surface area contributed by atoms with Gasteiger partial charge in [0.1, 0.15) is 5.65 Å². The largest absolute Gasteiger partial charge is 0.486 e. The van der Waals surface area contributed by atoms with Crippen LogP contribution in [0.3, 0.4) is 0 Å². The Morgan fingerprint density at radius 2 is 1.70 bits per heavy atom. The Balaban J connectivity index is 1.84. The predicted molar refractivity (Wildman–Crippen MR) is 147 cm³/mol. The number of ether oxygens (including phenoxy) is 1. The molecule has 2 aromatic carbocycles. The van der Waals surface area contributed by atoms with Crippen LogP contribution in [-0.4, -0.2) is 52.8 Å². The molecule has 0 saturated carbocycles. The smallest absolute Gasteiger partial charge is 0.202 e. The van der Waals surface area contributed by atoms with Gasteiger partial charge in [-0.15, -0.1) is 0 Å². The molecular weight excluding hydrogens is 469 g/mol. The van der Waals surface area contributed by atoms with E-state index in [1.807, 2.05) is 38.3 Å². The Labute approximate surface area is 216 Å². The van der Waals surface area contributed by atoms with Crippen LogP contribution in [0.2, 0.25) is 0 Å². The van der Waals surface area contributed by atoms with Crippen molar-refractivity contribution >= 4 is 38.5 Å². The van der Waals surface area contributed by atoms with Crippen molar-refractivity contribution in [3.8, 4) is 11.8 Å². The van der Waals surface area contributed by atoms with Crippen molar-refractivity contribution in [2.75, 3.05) is 31.1 Å². The summed E-state index contributed by atoms with van der Waals surface area (Å²) in [5.74, 6) is -0.476. The van der Waals surface area contributed by atoms with E-state index in [1.54, 1.807) is 18.2 Å². The van der Waals surface area contributed by atoms with E-state index >= 15 is 4.39 Å². The number of halogens is 1. The number of H-pyrrole nitrogens is 1. The molecule has 194 valence electrons. The molecule has 0 aliphatic carbocycles. The average Bonchev–Trinajstić information content (AvgIpc) is 3.23. The van der Waals surface area contributed by atoms with E-state index in [9.17, 15) is 10.1 Å². The molecule has 1 saturated heterocycles. The fourth-order valence-corrected chi connectivity index (χ4v) is 5.52. The highest BCUT2D eigenvalue weighted by Gasteiger charge is 2.29. The zero-order valence-corrected chi connectivity index (χ0v) is 22.4. The Bertz CT molecular complexity index is 1600.